The normalized spacial score (nSPS) is 11.8. The summed E-state index contributed by atoms with van der Waals surface area (Å²) in [7, 11) is 0.697. The van der Waals surface area contributed by atoms with Crippen LogP contribution in [0, 0.1) is 0 Å². The summed E-state index contributed by atoms with van der Waals surface area (Å²) in [6.07, 6.45) is -4.41. The highest BCUT2D eigenvalue weighted by atomic mass is 35.5. The molecule has 7 heteroatoms. The number of halogens is 5. The molecule has 1 aromatic carbocycles. The maximum Gasteiger partial charge on any atom is 0.416 e. The van der Waals surface area contributed by atoms with Crippen molar-refractivity contribution in [3.63, 3.8) is 0 Å². The zero-order chi connectivity index (χ0) is 14.8. The lowest BCUT2D eigenvalue weighted by molar-refractivity contribution is -0.138. The van der Waals surface area contributed by atoms with Crippen molar-refractivity contribution in [2.45, 2.75) is 12.8 Å². The van der Waals surface area contributed by atoms with Crippen LogP contribution in [0.5, 0.6) is 5.75 Å². The topological polar surface area (TPSA) is 9.23 Å². The fourth-order valence-electron chi connectivity index (χ4n) is 1.58. The molecule has 1 aromatic heterocycles. The molecule has 0 aliphatic heterocycles. The number of rotatable bonds is 3. The summed E-state index contributed by atoms with van der Waals surface area (Å²) in [4.78, 5) is 0. The van der Waals surface area contributed by atoms with Crippen LogP contribution in [0.3, 0.4) is 0 Å². The van der Waals surface area contributed by atoms with E-state index in [9.17, 15) is 13.2 Å². The van der Waals surface area contributed by atoms with Gasteiger partial charge in [0.15, 0.2) is 0 Å². The Labute approximate surface area is 125 Å². The van der Waals surface area contributed by atoms with E-state index in [0.717, 1.165) is 6.07 Å². The lowest BCUT2D eigenvalue weighted by Crippen LogP contribution is -2.10. The van der Waals surface area contributed by atoms with Crippen LogP contribution in [-0.4, -0.2) is 0 Å². The van der Waals surface area contributed by atoms with E-state index in [1.165, 1.54) is 24.3 Å². The Morgan fingerprint density at radius 2 is 1.85 bits per heavy atom. The molecule has 0 unspecified atom stereocenters. The highest BCUT2D eigenvalue weighted by Crippen LogP contribution is 2.36. The van der Waals surface area contributed by atoms with Gasteiger partial charge in [0.25, 0.3) is 0 Å². The molecule has 2 aromatic rings. The first-order chi connectivity index (χ1) is 9.38. The molecule has 0 N–H and O–H groups in total. The van der Waals surface area contributed by atoms with Crippen molar-refractivity contribution in [3.05, 3.63) is 57.0 Å². The van der Waals surface area contributed by atoms with Gasteiger partial charge in [-0.15, -0.1) is 0 Å². The first kappa shape index (κ1) is 15.4. The molecule has 0 saturated carbocycles. The van der Waals surface area contributed by atoms with E-state index < -0.39 is 11.7 Å². The molecule has 0 fully saturated rings. The van der Waals surface area contributed by atoms with Gasteiger partial charge < -0.3 is 4.74 Å². The molecule has 106 valence electrons. The van der Waals surface area contributed by atoms with Crippen LogP contribution in [0.2, 0.25) is 9.78 Å². The molecule has 0 amide bonds. The van der Waals surface area contributed by atoms with Gasteiger partial charge in [0.05, 0.1) is 15.3 Å². The Bertz CT molecular complexity index is 617. The summed E-state index contributed by atoms with van der Waals surface area (Å²) >= 11 is 11.7. The van der Waals surface area contributed by atoms with Gasteiger partial charge in [-0.3, -0.25) is 0 Å². The van der Waals surface area contributed by atoms with Crippen molar-refractivity contribution in [2.24, 2.45) is 0 Å². The van der Waals surface area contributed by atoms with Crippen LogP contribution in [0.15, 0.2) is 36.1 Å². The van der Waals surface area contributed by atoms with Crippen molar-refractivity contribution in [2.75, 3.05) is 0 Å². The van der Waals surface area contributed by atoms with Gasteiger partial charge in [0, 0.05) is 11.4 Å². The molecule has 0 radical (unpaired) electrons. The Morgan fingerprint density at radius 1 is 1.15 bits per heavy atom. The molecule has 1 heterocycles. The second-order valence-corrected chi connectivity index (χ2v) is 5.96. The summed E-state index contributed by atoms with van der Waals surface area (Å²) in [6, 6.07) is 6.78. The van der Waals surface area contributed by atoms with Crippen LogP contribution >= 0.6 is 31.4 Å². The monoisotopic (exact) mass is 338 g/mol. The van der Waals surface area contributed by atoms with Gasteiger partial charge in [-0.05, 0) is 12.1 Å². The van der Waals surface area contributed by atoms with E-state index in [-0.39, 0.29) is 17.2 Å². The van der Waals surface area contributed by atoms with Gasteiger partial charge in [0.1, 0.15) is 12.4 Å². The SMILES string of the molecule is FC(F)(F)c1ccccc1COc1cpc(Cl)cc1Cl. The van der Waals surface area contributed by atoms with Crippen molar-refractivity contribution in [1.29, 1.82) is 0 Å². The summed E-state index contributed by atoms with van der Waals surface area (Å²) < 4.78 is 44.3. The van der Waals surface area contributed by atoms with E-state index in [1.807, 2.05) is 0 Å². The van der Waals surface area contributed by atoms with Gasteiger partial charge in [-0.2, -0.15) is 13.2 Å². The van der Waals surface area contributed by atoms with Crippen molar-refractivity contribution < 1.29 is 17.9 Å². The lowest BCUT2D eigenvalue weighted by atomic mass is 10.1. The molecule has 2 rings (SSSR count). The van der Waals surface area contributed by atoms with Crippen molar-refractivity contribution >= 4 is 31.4 Å². The number of hydrogen-bond donors (Lipinski definition) is 0. The highest BCUT2D eigenvalue weighted by Gasteiger charge is 2.32. The Hall–Kier alpha value is -0.960. The average molecular weight is 339 g/mol. The second-order valence-electron chi connectivity index (χ2n) is 3.88. The first-order valence-corrected chi connectivity index (χ1v) is 7.19. The van der Waals surface area contributed by atoms with Crippen molar-refractivity contribution in [3.8, 4) is 5.75 Å². The second kappa shape index (κ2) is 6.21. The maximum atomic E-state index is 12.8. The standard InChI is InChI=1S/C13H8Cl2F3OP/c14-10-5-12(15)20-7-11(10)19-6-8-3-1-2-4-9(8)13(16,17)18/h1-5,7H,6H2. The average Bonchev–Trinajstić information content (AvgIpc) is 2.37. The highest BCUT2D eigenvalue weighted by molar-refractivity contribution is 7.33. The fraction of sp³-hybridized carbons (Fsp3) is 0.154. The van der Waals surface area contributed by atoms with Crippen LogP contribution in [0.1, 0.15) is 11.1 Å². The van der Waals surface area contributed by atoms with E-state index >= 15 is 0 Å². The Balaban J connectivity index is 2.19. The zero-order valence-corrected chi connectivity index (χ0v) is 12.3. The van der Waals surface area contributed by atoms with Gasteiger partial charge in [-0.25, -0.2) is 0 Å². The van der Waals surface area contributed by atoms with E-state index in [0.29, 0.717) is 18.7 Å². The quantitative estimate of drug-likeness (QED) is 0.650. The third-order valence-electron chi connectivity index (χ3n) is 2.49. The minimum absolute atomic E-state index is 0.0580. The molecular weight excluding hydrogens is 331 g/mol. The molecule has 0 aliphatic carbocycles. The third-order valence-corrected chi connectivity index (χ3v) is 3.93. The molecule has 20 heavy (non-hydrogen) atoms. The summed E-state index contributed by atoms with van der Waals surface area (Å²) in [5.41, 5.74) is -0.652. The van der Waals surface area contributed by atoms with Crippen LogP contribution < -0.4 is 4.74 Å². The molecule has 0 bridgehead atoms. The molecule has 0 spiro atoms. The van der Waals surface area contributed by atoms with E-state index in [2.05, 4.69) is 0 Å². The molecule has 0 aliphatic rings. The number of hydrogen-bond acceptors (Lipinski definition) is 1. The fourth-order valence-corrected chi connectivity index (χ4v) is 2.92. The predicted octanol–water partition coefficient (Wildman–Crippen LogP) is 6.17. The third kappa shape index (κ3) is 3.78. The minimum Gasteiger partial charge on any atom is -0.487 e. The van der Waals surface area contributed by atoms with E-state index in [1.54, 1.807) is 5.80 Å². The molecule has 0 atom stereocenters. The molecule has 1 nitrogen and oxygen atoms in total. The molecule has 0 saturated heterocycles. The van der Waals surface area contributed by atoms with Crippen LogP contribution in [-0.2, 0) is 12.8 Å². The predicted molar refractivity (Wildman–Crippen MR) is 74.8 cm³/mol. The zero-order valence-electron chi connectivity index (χ0n) is 9.92. The minimum atomic E-state index is -4.41. The summed E-state index contributed by atoms with van der Waals surface area (Å²) in [5, 5.41) is 0.276. The van der Waals surface area contributed by atoms with E-state index in [4.69, 9.17) is 27.9 Å². The van der Waals surface area contributed by atoms with Gasteiger partial charge in [-0.1, -0.05) is 49.6 Å². The summed E-state index contributed by atoms with van der Waals surface area (Å²) in [6.45, 7) is -0.210. The Morgan fingerprint density at radius 3 is 2.50 bits per heavy atom. The Kier molecular flexibility index (Phi) is 4.79. The smallest absolute Gasteiger partial charge is 0.416 e. The molecular formula is C13H8Cl2F3OP. The van der Waals surface area contributed by atoms with Crippen LogP contribution in [0.4, 0.5) is 13.2 Å². The maximum absolute atomic E-state index is 12.8. The number of alkyl halides is 3. The first-order valence-electron chi connectivity index (χ1n) is 5.47. The lowest BCUT2D eigenvalue weighted by Gasteiger charge is -2.14. The van der Waals surface area contributed by atoms with Gasteiger partial charge in [0.2, 0.25) is 0 Å². The van der Waals surface area contributed by atoms with Crippen LogP contribution in [0.25, 0.3) is 0 Å². The number of benzene rings is 1. The van der Waals surface area contributed by atoms with Crippen molar-refractivity contribution in [1.82, 2.24) is 0 Å². The summed E-state index contributed by atoms with van der Waals surface area (Å²) in [5.74, 6) is 1.94. The van der Waals surface area contributed by atoms with Gasteiger partial charge >= 0.3 is 6.18 Å². The largest absolute Gasteiger partial charge is 0.487 e. The number of ether oxygens (including phenoxy) is 1.